The highest BCUT2D eigenvalue weighted by Crippen LogP contribution is 2.73. The first-order valence-electron chi connectivity index (χ1n) is 11.0. The Bertz CT molecular complexity index is 1400. The van der Waals surface area contributed by atoms with Gasteiger partial charge in [0, 0.05) is 12.6 Å². The molecule has 6 rings (SSSR count). The highest BCUT2D eigenvalue weighted by atomic mass is 35.5. The van der Waals surface area contributed by atoms with Crippen molar-refractivity contribution in [3.8, 4) is 17.5 Å². The standard InChI is InChI=1S/C23H20ClFN8O3/c1-12(15-5-13(25)6-28-18(15)24)36-21(35)30-19-17(31-32-33(19)2)16-4-3-14(7-27-16)29-20(34)23-8-22(9-23,10-23)11-26/h3-7,12H,8-10H2,1-2H3,(H,29,34)(H,30,35)/t12-,22?,23?/m1/s1. The lowest BCUT2D eigenvalue weighted by atomic mass is 9.35. The van der Waals surface area contributed by atoms with Crippen molar-refractivity contribution in [2.75, 3.05) is 10.6 Å². The molecule has 0 spiro atoms. The maximum Gasteiger partial charge on any atom is 0.413 e. The van der Waals surface area contributed by atoms with Gasteiger partial charge in [0.2, 0.25) is 5.91 Å². The zero-order valence-corrected chi connectivity index (χ0v) is 20.0. The first-order chi connectivity index (χ1) is 17.1. The molecule has 0 aliphatic heterocycles. The minimum atomic E-state index is -0.879. The van der Waals surface area contributed by atoms with Gasteiger partial charge in [0.25, 0.3) is 0 Å². The second-order valence-corrected chi connectivity index (χ2v) is 9.56. The van der Waals surface area contributed by atoms with Crippen molar-refractivity contribution in [2.24, 2.45) is 17.9 Å². The van der Waals surface area contributed by atoms with Crippen molar-refractivity contribution in [1.82, 2.24) is 25.0 Å². The van der Waals surface area contributed by atoms with E-state index in [1.165, 1.54) is 17.8 Å². The van der Waals surface area contributed by atoms with Crippen molar-refractivity contribution in [3.05, 3.63) is 47.1 Å². The number of anilines is 2. The molecule has 2 amide bonds. The van der Waals surface area contributed by atoms with E-state index < -0.39 is 23.4 Å². The largest absolute Gasteiger partial charge is 0.441 e. The van der Waals surface area contributed by atoms with Crippen molar-refractivity contribution >= 4 is 35.1 Å². The number of hydrogen-bond acceptors (Lipinski definition) is 8. The van der Waals surface area contributed by atoms with Crippen molar-refractivity contribution in [3.63, 3.8) is 0 Å². The number of pyridine rings is 2. The Morgan fingerprint density at radius 2 is 2.00 bits per heavy atom. The van der Waals surface area contributed by atoms with Crippen LogP contribution in [-0.2, 0) is 16.6 Å². The number of amides is 2. The van der Waals surface area contributed by atoms with E-state index in [1.807, 2.05) is 0 Å². The number of rotatable bonds is 6. The molecule has 3 saturated carbocycles. The molecule has 3 aliphatic rings. The first-order valence-corrected chi connectivity index (χ1v) is 11.4. The normalized spacial score (nSPS) is 22.4. The fourth-order valence-electron chi connectivity index (χ4n) is 4.76. The molecule has 3 heterocycles. The van der Waals surface area contributed by atoms with Crippen LogP contribution in [0.15, 0.2) is 30.6 Å². The van der Waals surface area contributed by atoms with Crippen LogP contribution in [0.5, 0.6) is 0 Å². The molecule has 0 saturated heterocycles. The van der Waals surface area contributed by atoms with Crippen LogP contribution in [-0.4, -0.2) is 37.0 Å². The zero-order chi connectivity index (χ0) is 25.7. The van der Waals surface area contributed by atoms with Crippen molar-refractivity contribution in [1.29, 1.82) is 5.26 Å². The van der Waals surface area contributed by atoms with Gasteiger partial charge in [-0.25, -0.2) is 18.9 Å². The Labute approximate surface area is 209 Å². The first kappa shape index (κ1) is 23.6. The lowest BCUT2D eigenvalue weighted by molar-refractivity contribution is -0.179. The number of nitrogens with zero attached hydrogens (tertiary/aromatic N) is 6. The zero-order valence-electron chi connectivity index (χ0n) is 19.2. The maximum atomic E-state index is 13.5. The van der Waals surface area contributed by atoms with Gasteiger partial charge in [-0.2, -0.15) is 5.26 Å². The van der Waals surface area contributed by atoms with Gasteiger partial charge in [-0.3, -0.25) is 15.1 Å². The number of aryl methyl sites for hydroxylation is 1. The monoisotopic (exact) mass is 510 g/mol. The third-order valence-electron chi connectivity index (χ3n) is 6.62. The number of halogens is 2. The summed E-state index contributed by atoms with van der Waals surface area (Å²) in [6.45, 7) is 1.53. The van der Waals surface area contributed by atoms with Crippen molar-refractivity contribution < 1.29 is 18.7 Å². The second kappa shape index (κ2) is 8.53. The molecule has 3 aliphatic carbocycles. The molecule has 3 fully saturated rings. The number of hydrogen-bond donors (Lipinski definition) is 2. The molecule has 3 aromatic rings. The summed E-state index contributed by atoms with van der Waals surface area (Å²) < 4.78 is 20.2. The summed E-state index contributed by atoms with van der Waals surface area (Å²) in [7, 11) is 1.58. The number of ether oxygens (including phenoxy) is 1. The average molecular weight is 511 g/mol. The Morgan fingerprint density at radius 3 is 2.67 bits per heavy atom. The molecular weight excluding hydrogens is 491 g/mol. The third kappa shape index (κ3) is 4.01. The lowest BCUT2D eigenvalue weighted by Crippen LogP contribution is -2.65. The van der Waals surface area contributed by atoms with Gasteiger partial charge in [-0.15, -0.1) is 5.10 Å². The Morgan fingerprint density at radius 1 is 1.25 bits per heavy atom. The van der Waals surface area contributed by atoms with Gasteiger partial charge in [0.1, 0.15) is 17.1 Å². The summed E-state index contributed by atoms with van der Waals surface area (Å²) >= 11 is 5.98. The predicted molar refractivity (Wildman–Crippen MR) is 125 cm³/mol. The molecule has 0 radical (unpaired) electrons. The van der Waals surface area contributed by atoms with Crippen molar-refractivity contribution in [2.45, 2.75) is 32.3 Å². The maximum absolute atomic E-state index is 13.5. The van der Waals surface area contributed by atoms with Crippen LogP contribution in [0, 0.1) is 28.0 Å². The summed E-state index contributed by atoms with van der Waals surface area (Å²) in [6.07, 6.45) is 2.52. The molecule has 1 atom stereocenters. The molecule has 2 bridgehead atoms. The van der Waals surface area contributed by atoms with E-state index in [9.17, 15) is 14.0 Å². The molecule has 13 heteroatoms. The summed E-state index contributed by atoms with van der Waals surface area (Å²) in [6, 6.07) is 6.73. The van der Waals surface area contributed by atoms with E-state index in [0.29, 0.717) is 30.6 Å². The molecule has 0 unspecified atom stereocenters. The number of nitriles is 1. The van der Waals surface area contributed by atoms with Crippen LogP contribution in [0.4, 0.5) is 20.7 Å². The molecule has 36 heavy (non-hydrogen) atoms. The highest BCUT2D eigenvalue weighted by Gasteiger charge is 2.72. The third-order valence-corrected chi connectivity index (χ3v) is 6.93. The minimum Gasteiger partial charge on any atom is -0.441 e. The smallest absolute Gasteiger partial charge is 0.413 e. The van der Waals surface area contributed by atoms with Gasteiger partial charge >= 0.3 is 6.09 Å². The van der Waals surface area contributed by atoms with Crippen LogP contribution in [0.1, 0.15) is 37.9 Å². The van der Waals surface area contributed by atoms with E-state index in [1.54, 1.807) is 19.2 Å². The Balaban J connectivity index is 1.25. The van der Waals surface area contributed by atoms with E-state index in [2.05, 4.69) is 37.0 Å². The second-order valence-electron chi connectivity index (χ2n) is 9.21. The van der Waals surface area contributed by atoms with Gasteiger partial charge < -0.3 is 10.1 Å². The van der Waals surface area contributed by atoms with E-state index in [4.69, 9.17) is 21.6 Å². The van der Waals surface area contributed by atoms with Gasteiger partial charge in [-0.1, -0.05) is 16.8 Å². The molecule has 3 aromatic heterocycles. The molecular formula is C23H20ClFN8O3. The minimum absolute atomic E-state index is 0.0228. The number of carbonyl (C=O) groups excluding carboxylic acids is 2. The summed E-state index contributed by atoms with van der Waals surface area (Å²) in [5, 5.41) is 22.6. The van der Waals surface area contributed by atoms with Crippen LogP contribution < -0.4 is 10.6 Å². The fourth-order valence-corrected chi connectivity index (χ4v) is 5.02. The number of carbonyl (C=O) groups is 2. The molecule has 11 nitrogen and oxygen atoms in total. The van der Waals surface area contributed by atoms with Crippen LogP contribution in [0.25, 0.3) is 11.4 Å². The van der Waals surface area contributed by atoms with Gasteiger partial charge in [0.15, 0.2) is 11.5 Å². The lowest BCUT2D eigenvalue weighted by Gasteiger charge is -2.65. The SMILES string of the molecule is C[C@@H](OC(=O)Nc1c(-c2ccc(NC(=O)C34CC(C#N)(C3)C4)cn2)nnn1C)c1cc(F)cnc1Cl. The summed E-state index contributed by atoms with van der Waals surface area (Å²) in [5.41, 5.74) is 0.646. The number of aromatic nitrogens is 5. The quantitative estimate of drug-likeness (QED) is 0.472. The fraction of sp³-hybridized carbons (Fsp3) is 0.348. The van der Waals surface area contributed by atoms with Crippen LogP contribution in [0.3, 0.4) is 0 Å². The van der Waals surface area contributed by atoms with E-state index in [-0.39, 0.29) is 33.6 Å². The predicted octanol–water partition coefficient (Wildman–Crippen LogP) is 4.01. The molecule has 184 valence electrons. The van der Waals surface area contributed by atoms with Crippen LogP contribution >= 0.6 is 11.6 Å². The highest BCUT2D eigenvalue weighted by molar-refractivity contribution is 6.30. The summed E-state index contributed by atoms with van der Waals surface area (Å²) in [4.78, 5) is 33.2. The summed E-state index contributed by atoms with van der Waals surface area (Å²) in [5.74, 6) is -0.499. The van der Waals surface area contributed by atoms with Crippen LogP contribution in [0.2, 0.25) is 5.15 Å². The Kier molecular flexibility index (Phi) is 5.60. The Hall–Kier alpha value is -4.11. The van der Waals surface area contributed by atoms with Gasteiger partial charge in [0.05, 0.1) is 40.7 Å². The van der Waals surface area contributed by atoms with E-state index >= 15 is 0 Å². The van der Waals surface area contributed by atoms with Gasteiger partial charge in [-0.05, 0) is 44.4 Å². The average Bonchev–Trinajstić information content (AvgIpc) is 3.14. The topological polar surface area (TPSA) is 148 Å². The molecule has 0 aromatic carbocycles. The number of nitrogens with one attached hydrogen (secondary N) is 2. The van der Waals surface area contributed by atoms with E-state index in [0.717, 1.165) is 12.3 Å². The molecule has 2 N–H and O–H groups in total.